The third-order valence-electron chi connectivity index (χ3n) is 5.26. The van der Waals surface area contributed by atoms with E-state index in [1.807, 2.05) is 0 Å². The highest BCUT2D eigenvalue weighted by atomic mass is 32.2. The van der Waals surface area contributed by atoms with E-state index in [2.05, 4.69) is 11.3 Å². The standard InChI is InChI=1S/C22H42F3NO3S/c1-2-3-4-5-6-7-8-9-10-11-12-13-14-15-16-17-18-19-20-21(27)26-30(28,29)22(23,24)25/h2-20H2,1H3,(H,26,27)/p-1. The van der Waals surface area contributed by atoms with Crippen molar-refractivity contribution >= 4 is 15.9 Å². The average molecular weight is 457 g/mol. The summed E-state index contributed by atoms with van der Waals surface area (Å²) in [4.78, 5) is 0. The molecule has 30 heavy (non-hydrogen) atoms. The molecule has 0 bridgehead atoms. The average Bonchev–Trinajstić information content (AvgIpc) is 2.65. The van der Waals surface area contributed by atoms with Crippen molar-refractivity contribution in [2.45, 2.75) is 134 Å². The van der Waals surface area contributed by atoms with Crippen LogP contribution in [0.4, 0.5) is 13.2 Å². The summed E-state index contributed by atoms with van der Waals surface area (Å²) in [6, 6.07) is 0. The Balaban J connectivity index is 3.39. The molecule has 0 amide bonds. The van der Waals surface area contributed by atoms with Gasteiger partial charge in [0.05, 0.1) is 0 Å². The molecule has 0 N–H and O–H groups in total. The molecule has 0 aliphatic heterocycles. The van der Waals surface area contributed by atoms with Crippen LogP contribution in [0.5, 0.6) is 0 Å². The van der Waals surface area contributed by atoms with Crippen LogP contribution in [-0.2, 0) is 10.0 Å². The zero-order valence-electron chi connectivity index (χ0n) is 18.6. The zero-order valence-corrected chi connectivity index (χ0v) is 19.5. The molecule has 0 aromatic heterocycles. The van der Waals surface area contributed by atoms with E-state index in [0.29, 0.717) is 12.8 Å². The van der Waals surface area contributed by atoms with E-state index in [0.717, 1.165) is 19.3 Å². The van der Waals surface area contributed by atoms with Gasteiger partial charge < -0.3 is 5.11 Å². The summed E-state index contributed by atoms with van der Waals surface area (Å²) in [5.41, 5.74) is -5.50. The van der Waals surface area contributed by atoms with Gasteiger partial charge in [-0.2, -0.15) is 26.0 Å². The van der Waals surface area contributed by atoms with E-state index >= 15 is 0 Å². The SMILES string of the molecule is CCCCCCCCCCCCCCCCCCCC/C([O-])=N/S(=O)(=O)C(F)(F)F. The third kappa shape index (κ3) is 16.9. The third-order valence-corrected chi connectivity index (χ3v) is 6.29. The molecule has 0 rings (SSSR count). The number of hydrogen-bond donors (Lipinski definition) is 0. The lowest BCUT2D eigenvalue weighted by Crippen LogP contribution is -2.26. The predicted molar refractivity (Wildman–Crippen MR) is 116 cm³/mol. The number of unbranched alkanes of at least 4 members (excludes halogenated alkanes) is 17. The van der Waals surface area contributed by atoms with Crippen LogP contribution in [0.15, 0.2) is 4.40 Å². The molecule has 0 unspecified atom stereocenters. The van der Waals surface area contributed by atoms with Crippen LogP contribution in [0.3, 0.4) is 0 Å². The lowest BCUT2D eigenvalue weighted by molar-refractivity contribution is -0.218. The highest BCUT2D eigenvalue weighted by molar-refractivity contribution is 7.91. The lowest BCUT2D eigenvalue weighted by Gasteiger charge is -2.11. The molecule has 4 nitrogen and oxygen atoms in total. The maximum absolute atomic E-state index is 12.1. The van der Waals surface area contributed by atoms with Crippen LogP contribution in [0, 0.1) is 0 Å². The largest absolute Gasteiger partial charge is 0.861 e. The van der Waals surface area contributed by atoms with Crippen molar-refractivity contribution in [3.05, 3.63) is 0 Å². The fourth-order valence-electron chi connectivity index (χ4n) is 3.41. The molecule has 0 spiro atoms. The van der Waals surface area contributed by atoms with Crippen LogP contribution in [0.1, 0.15) is 129 Å². The van der Waals surface area contributed by atoms with Crippen molar-refractivity contribution in [1.29, 1.82) is 0 Å². The Kier molecular flexibility index (Phi) is 17.4. The molecule has 180 valence electrons. The molecule has 0 heterocycles. The van der Waals surface area contributed by atoms with E-state index in [9.17, 15) is 26.7 Å². The van der Waals surface area contributed by atoms with Gasteiger partial charge in [-0.1, -0.05) is 116 Å². The van der Waals surface area contributed by atoms with E-state index in [1.165, 1.54) is 83.5 Å². The molecule has 0 saturated carbocycles. The Hall–Kier alpha value is -0.790. The fourth-order valence-corrected chi connectivity index (χ4v) is 3.87. The second-order valence-electron chi connectivity index (χ2n) is 8.17. The van der Waals surface area contributed by atoms with Crippen molar-refractivity contribution in [1.82, 2.24) is 0 Å². The van der Waals surface area contributed by atoms with Gasteiger partial charge >= 0.3 is 15.5 Å². The Morgan fingerprint density at radius 1 is 0.667 bits per heavy atom. The molecule has 0 radical (unpaired) electrons. The maximum atomic E-state index is 12.1. The minimum absolute atomic E-state index is 0.256. The van der Waals surface area contributed by atoms with Gasteiger partial charge in [0, 0.05) is 0 Å². The summed E-state index contributed by atoms with van der Waals surface area (Å²) in [7, 11) is -5.70. The van der Waals surface area contributed by atoms with Gasteiger partial charge in [0.1, 0.15) is 0 Å². The summed E-state index contributed by atoms with van der Waals surface area (Å²) in [5, 5.41) is 11.2. The van der Waals surface area contributed by atoms with Crippen molar-refractivity contribution in [2.75, 3.05) is 0 Å². The normalized spacial score (nSPS) is 13.1. The molecular weight excluding hydrogens is 415 g/mol. The summed E-state index contributed by atoms with van der Waals surface area (Å²) in [6.45, 7) is 2.24. The van der Waals surface area contributed by atoms with Crippen LogP contribution in [-0.4, -0.2) is 19.8 Å². The maximum Gasteiger partial charge on any atom is 0.518 e. The second kappa shape index (κ2) is 17.8. The molecule has 0 atom stereocenters. The Morgan fingerprint density at radius 3 is 1.27 bits per heavy atom. The van der Waals surface area contributed by atoms with Crippen molar-refractivity contribution in [2.24, 2.45) is 4.40 Å². The first-order valence-electron chi connectivity index (χ1n) is 11.8. The number of rotatable bonds is 20. The van der Waals surface area contributed by atoms with Gasteiger partial charge in [0.25, 0.3) is 0 Å². The van der Waals surface area contributed by atoms with Crippen molar-refractivity contribution in [3.8, 4) is 0 Å². The Morgan fingerprint density at radius 2 is 0.967 bits per heavy atom. The first-order chi connectivity index (χ1) is 14.2. The first kappa shape index (κ1) is 29.2. The quantitative estimate of drug-likeness (QED) is 0.112. The first-order valence-corrected chi connectivity index (χ1v) is 13.2. The van der Waals surface area contributed by atoms with E-state index in [1.54, 1.807) is 0 Å². The highest BCUT2D eigenvalue weighted by Crippen LogP contribution is 2.24. The van der Waals surface area contributed by atoms with Gasteiger partial charge in [-0.25, -0.2) is 0 Å². The number of hydrogen-bond acceptors (Lipinski definition) is 3. The topological polar surface area (TPSA) is 69.6 Å². The molecular formula is C22H41F3NO3S-. The predicted octanol–water partition coefficient (Wildman–Crippen LogP) is 7.03. The molecule has 0 saturated heterocycles. The summed E-state index contributed by atoms with van der Waals surface area (Å²) in [6.07, 6.45) is 21.1. The van der Waals surface area contributed by atoms with Gasteiger partial charge in [-0.15, -0.1) is 0 Å². The molecule has 0 aliphatic rings. The van der Waals surface area contributed by atoms with Gasteiger partial charge in [-0.3, -0.25) is 0 Å². The summed E-state index contributed by atoms with van der Waals surface area (Å²) < 4.78 is 60.1. The highest BCUT2D eigenvalue weighted by Gasteiger charge is 2.45. The number of sulfonamides is 1. The van der Waals surface area contributed by atoms with Crippen molar-refractivity contribution < 1.29 is 26.7 Å². The van der Waals surface area contributed by atoms with E-state index in [4.69, 9.17) is 0 Å². The zero-order chi connectivity index (χ0) is 22.7. The molecule has 8 heteroatoms. The monoisotopic (exact) mass is 456 g/mol. The van der Waals surface area contributed by atoms with Gasteiger partial charge in [0.15, 0.2) is 0 Å². The number of alkyl halides is 3. The molecule has 0 aliphatic carbocycles. The van der Waals surface area contributed by atoms with E-state index < -0.39 is 21.4 Å². The second-order valence-corrected chi connectivity index (χ2v) is 9.76. The summed E-state index contributed by atoms with van der Waals surface area (Å²) in [5.74, 6) is -1.22. The van der Waals surface area contributed by atoms with E-state index in [-0.39, 0.29) is 6.42 Å². The van der Waals surface area contributed by atoms with Gasteiger partial charge in [0.2, 0.25) is 0 Å². The summed E-state index contributed by atoms with van der Waals surface area (Å²) >= 11 is 0. The molecule has 0 aromatic rings. The van der Waals surface area contributed by atoms with Crippen LogP contribution in [0.25, 0.3) is 0 Å². The Bertz CT molecular complexity index is 534. The molecule has 0 fully saturated rings. The van der Waals surface area contributed by atoms with Crippen LogP contribution >= 0.6 is 0 Å². The van der Waals surface area contributed by atoms with Crippen molar-refractivity contribution in [3.63, 3.8) is 0 Å². The minimum Gasteiger partial charge on any atom is -0.861 e. The Labute approximate surface area is 181 Å². The smallest absolute Gasteiger partial charge is 0.518 e. The minimum atomic E-state index is -5.70. The van der Waals surface area contributed by atoms with Crippen LogP contribution < -0.4 is 5.11 Å². The lowest BCUT2D eigenvalue weighted by atomic mass is 10.0. The number of halogens is 3. The van der Waals surface area contributed by atoms with Crippen LogP contribution in [0.2, 0.25) is 0 Å². The fraction of sp³-hybridized carbons (Fsp3) is 0.955. The number of nitrogens with zero attached hydrogens (tertiary/aromatic N) is 1. The van der Waals surface area contributed by atoms with Gasteiger partial charge in [-0.05, 0) is 18.7 Å². The molecule has 0 aromatic carbocycles.